The zero-order valence-corrected chi connectivity index (χ0v) is 16.7. The second-order valence-corrected chi connectivity index (χ2v) is 7.17. The van der Waals surface area contributed by atoms with Crippen molar-refractivity contribution >= 4 is 12.4 Å². The van der Waals surface area contributed by atoms with Gasteiger partial charge in [0, 0.05) is 25.8 Å². The van der Waals surface area contributed by atoms with Crippen molar-refractivity contribution < 1.29 is 0 Å². The first-order valence-corrected chi connectivity index (χ1v) is 9.71. The fourth-order valence-electron chi connectivity index (χ4n) is 3.84. The van der Waals surface area contributed by atoms with Crippen molar-refractivity contribution in [2.45, 2.75) is 25.3 Å². The highest BCUT2D eigenvalue weighted by atomic mass is 35.5. The Morgan fingerprint density at radius 1 is 0.893 bits per heavy atom. The number of nitrogens with zero attached hydrogens (tertiary/aromatic N) is 3. The third-order valence-corrected chi connectivity index (χ3v) is 5.42. The Morgan fingerprint density at radius 2 is 1.54 bits per heavy atom. The van der Waals surface area contributed by atoms with Gasteiger partial charge in [0.1, 0.15) is 0 Å². The molecular weight excluding hydrogens is 370 g/mol. The summed E-state index contributed by atoms with van der Waals surface area (Å²) in [5.41, 5.74) is 3.09. The molecule has 1 saturated heterocycles. The van der Waals surface area contributed by atoms with Crippen molar-refractivity contribution in [2.75, 3.05) is 19.6 Å². The topological polar surface area (TPSA) is 38.1 Å². The molecule has 0 amide bonds. The smallest absolute Gasteiger partial charge is 0.274 e. The summed E-state index contributed by atoms with van der Waals surface area (Å²) in [5, 5.41) is 4.39. The summed E-state index contributed by atoms with van der Waals surface area (Å²) in [7, 11) is 0. The van der Waals surface area contributed by atoms with Crippen LogP contribution in [-0.4, -0.2) is 34.3 Å². The van der Waals surface area contributed by atoms with Crippen LogP contribution in [0, 0.1) is 0 Å². The third-order valence-electron chi connectivity index (χ3n) is 5.42. The Bertz CT molecular complexity index is 919. The molecule has 4 nitrogen and oxygen atoms in total. The molecule has 5 heteroatoms. The lowest BCUT2D eigenvalue weighted by Gasteiger charge is -2.32. The second-order valence-electron chi connectivity index (χ2n) is 7.17. The van der Waals surface area contributed by atoms with Crippen LogP contribution in [0.4, 0.5) is 0 Å². The van der Waals surface area contributed by atoms with Crippen molar-refractivity contribution in [1.82, 2.24) is 14.7 Å². The monoisotopic (exact) mass is 395 g/mol. The fraction of sp³-hybridized carbons (Fsp3) is 0.304. The highest BCUT2D eigenvalue weighted by Crippen LogP contribution is 2.22. The summed E-state index contributed by atoms with van der Waals surface area (Å²) < 4.78 is 1.71. The number of benzene rings is 2. The molecule has 1 aliphatic rings. The lowest BCUT2D eigenvalue weighted by Crippen LogP contribution is -2.39. The van der Waals surface area contributed by atoms with Crippen LogP contribution in [0.5, 0.6) is 0 Å². The summed E-state index contributed by atoms with van der Waals surface area (Å²) in [6.45, 7) is 3.10. The number of aromatic nitrogens is 2. The van der Waals surface area contributed by atoms with Gasteiger partial charge in [-0.1, -0.05) is 60.7 Å². The van der Waals surface area contributed by atoms with Crippen LogP contribution < -0.4 is 5.56 Å². The van der Waals surface area contributed by atoms with Crippen molar-refractivity contribution in [3.8, 4) is 11.1 Å². The molecule has 0 bridgehead atoms. The van der Waals surface area contributed by atoms with Crippen molar-refractivity contribution in [3.05, 3.63) is 88.8 Å². The van der Waals surface area contributed by atoms with Crippen LogP contribution in [0.25, 0.3) is 11.1 Å². The third kappa shape index (κ3) is 4.70. The van der Waals surface area contributed by atoms with E-state index in [0.717, 1.165) is 50.0 Å². The number of halogens is 1. The minimum absolute atomic E-state index is 0. The van der Waals surface area contributed by atoms with Crippen LogP contribution in [0.2, 0.25) is 0 Å². The molecule has 2 aromatic carbocycles. The van der Waals surface area contributed by atoms with E-state index >= 15 is 0 Å². The number of piperidine rings is 1. The molecule has 0 radical (unpaired) electrons. The Labute approximate surface area is 172 Å². The zero-order chi connectivity index (χ0) is 18.5. The Morgan fingerprint density at radius 3 is 2.21 bits per heavy atom. The predicted octanol–water partition coefficient (Wildman–Crippen LogP) is 4.21. The van der Waals surface area contributed by atoms with Gasteiger partial charge >= 0.3 is 0 Å². The number of rotatable bonds is 5. The maximum Gasteiger partial charge on any atom is 0.274 e. The van der Waals surface area contributed by atoms with Gasteiger partial charge in [0.05, 0.1) is 11.6 Å². The molecule has 146 valence electrons. The van der Waals surface area contributed by atoms with E-state index in [2.05, 4.69) is 40.3 Å². The van der Waals surface area contributed by atoms with Crippen LogP contribution in [-0.2, 0) is 6.42 Å². The van der Waals surface area contributed by atoms with Gasteiger partial charge in [-0.25, -0.2) is 4.68 Å². The van der Waals surface area contributed by atoms with Gasteiger partial charge in [-0.05, 0) is 36.5 Å². The maximum atomic E-state index is 12.9. The van der Waals surface area contributed by atoms with Crippen LogP contribution in [0.3, 0.4) is 0 Å². The van der Waals surface area contributed by atoms with Gasteiger partial charge in [-0.3, -0.25) is 4.79 Å². The molecule has 2 heterocycles. The van der Waals surface area contributed by atoms with E-state index in [1.807, 2.05) is 36.4 Å². The molecule has 1 aliphatic heterocycles. The Kier molecular flexibility index (Phi) is 7.01. The largest absolute Gasteiger partial charge is 0.303 e. The van der Waals surface area contributed by atoms with Gasteiger partial charge in [0.15, 0.2) is 0 Å². The van der Waals surface area contributed by atoms with Gasteiger partial charge < -0.3 is 4.90 Å². The van der Waals surface area contributed by atoms with Crippen LogP contribution in [0.1, 0.15) is 24.4 Å². The summed E-state index contributed by atoms with van der Waals surface area (Å²) >= 11 is 0. The zero-order valence-electron chi connectivity index (χ0n) is 15.9. The van der Waals surface area contributed by atoms with E-state index in [4.69, 9.17) is 0 Å². The van der Waals surface area contributed by atoms with E-state index in [-0.39, 0.29) is 24.0 Å². The van der Waals surface area contributed by atoms with Gasteiger partial charge in [-0.2, -0.15) is 5.10 Å². The van der Waals surface area contributed by atoms with Gasteiger partial charge in [-0.15, -0.1) is 12.4 Å². The molecule has 4 rings (SSSR count). The minimum Gasteiger partial charge on any atom is -0.303 e. The molecule has 1 fully saturated rings. The molecule has 3 aromatic rings. The molecule has 0 spiro atoms. The first-order chi connectivity index (χ1) is 13.3. The Hall–Kier alpha value is -2.43. The Balaban J connectivity index is 0.00000225. The van der Waals surface area contributed by atoms with Crippen molar-refractivity contribution in [1.29, 1.82) is 0 Å². The van der Waals surface area contributed by atoms with Gasteiger partial charge in [0.25, 0.3) is 5.56 Å². The number of hydrogen-bond donors (Lipinski definition) is 0. The SMILES string of the molecule is Cl.O=c1c(-c2ccccc2)ccnn1C1CCN(CCc2ccccc2)CC1. The first kappa shape index (κ1) is 20.3. The van der Waals surface area contributed by atoms with E-state index in [0.29, 0.717) is 0 Å². The van der Waals surface area contributed by atoms with E-state index in [9.17, 15) is 4.79 Å². The molecule has 0 unspecified atom stereocenters. The highest BCUT2D eigenvalue weighted by molar-refractivity contribution is 5.85. The fourth-order valence-corrected chi connectivity index (χ4v) is 3.84. The molecule has 0 N–H and O–H groups in total. The highest BCUT2D eigenvalue weighted by Gasteiger charge is 2.22. The molecular formula is C23H26ClN3O. The average molecular weight is 396 g/mol. The van der Waals surface area contributed by atoms with Crippen LogP contribution >= 0.6 is 12.4 Å². The number of likely N-dealkylation sites (tertiary alicyclic amines) is 1. The first-order valence-electron chi connectivity index (χ1n) is 9.71. The quantitative estimate of drug-likeness (QED) is 0.649. The summed E-state index contributed by atoms with van der Waals surface area (Å²) in [4.78, 5) is 15.4. The van der Waals surface area contributed by atoms with E-state index in [1.165, 1.54) is 5.56 Å². The van der Waals surface area contributed by atoms with E-state index in [1.54, 1.807) is 10.9 Å². The maximum absolute atomic E-state index is 12.9. The van der Waals surface area contributed by atoms with Crippen LogP contribution in [0.15, 0.2) is 77.7 Å². The molecule has 0 aliphatic carbocycles. The number of hydrogen-bond acceptors (Lipinski definition) is 3. The molecule has 28 heavy (non-hydrogen) atoms. The summed E-state index contributed by atoms with van der Waals surface area (Å²) in [6, 6.07) is 22.5. The molecule has 0 saturated carbocycles. The summed E-state index contributed by atoms with van der Waals surface area (Å²) in [5.74, 6) is 0. The van der Waals surface area contributed by atoms with Crippen molar-refractivity contribution in [3.63, 3.8) is 0 Å². The molecule has 0 atom stereocenters. The van der Waals surface area contributed by atoms with Gasteiger partial charge in [0.2, 0.25) is 0 Å². The van der Waals surface area contributed by atoms with Crippen molar-refractivity contribution in [2.24, 2.45) is 0 Å². The lowest BCUT2D eigenvalue weighted by molar-refractivity contribution is 0.178. The lowest BCUT2D eigenvalue weighted by atomic mass is 10.0. The summed E-state index contributed by atoms with van der Waals surface area (Å²) in [6.07, 6.45) is 4.78. The standard InChI is InChI=1S/C23H25N3O.ClH/c27-23-22(20-9-5-2-6-10-20)11-15-24-26(23)21-13-17-25(18-14-21)16-12-19-7-3-1-4-8-19;/h1-11,15,21H,12-14,16-18H2;1H. The minimum atomic E-state index is 0. The normalized spacial score (nSPS) is 15.1. The molecule has 1 aromatic heterocycles. The second kappa shape index (κ2) is 9.67. The average Bonchev–Trinajstić information content (AvgIpc) is 2.74. The van der Waals surface area contributed by atoms with E-state index < -0.39 is 0 Å². The predicted molar refractivity (Wildman–Crippen MR) is 116 cm³/mol.